The second-order valence-electron chi connectivity index (χ2n) is 5.15. The Morgan fingerprint density at radius 1 is 1.38 bits per heavy atom. The molecule has 1 saturated heterocycles. The van der Waals surface area contributed by atoms with E-state index in [1.165, 1.54) is 32.2 Å². The van der Waals surface area contributed by atoms with Crippen LogP contribution in [0.1, 0.15) is 39.5 Å². The normalized spacial score (nSPS) is 21.9. The van der Waals surface area contributed by atoms with Crippen molar-refractivity contribution in [3.05, 3.63) is 0 Å². The summed E-state index contributed by atoms with van der Waals surface area (Å²) in [6, 6.07) is 1.27. The van der Waals surface area contributed by atoms with Gasteiger partial charge in [-0.15, -0.1) is 0 Å². The highest BCUT2D eigenvalue weighted by molar-refractivity contribution is 4.69. The van der Waals surface area contributed by atoms with Gasteiger partial charge in [0, 0.05) is 18.7 Å². The van der Waals surface area contributed by atoms with Crippen molar-refractivity contribution >= 4 is 0 Å². The van der Waals surface area contributed by atoms with Gasteiger partial charge in [0.1, 0.15) is 0 Å². The average molecular weight is 228 g/mol. The van der Waals surface area contributed by atoms with E-state index in [-0.39, 0.29) is 0 Å². The molecule has 0 saturated carbocycles. The summed E-state index contributed by atoms with van der Waals surface area (Å²) in [7, 11) is 2.20. The Labute approximate surface area is 101 Å². The molecule has 96 valence electrons. The number of rotatable bonds is 7. The predicted octanol–water partition coefficient (Wildman–Crippen LogP) is 1.88. The molecule has 0 aromatic carbocycles. The van der Waals surface area contributed by atoms with Gasteiger partial charge in [0.15, 0.2) is 0 Å². The quantitative estimate of drug-likeness (QED) is 0.673. The first kappa shape index (κ1) is 13.9. The van der Waals surface area contributed by atoms with Crippen LogP contribution in [0.2, 0.25) is 0 Å². The summed E-state index contributed by atoms with van der Waals surface area (Å²) in [6.07, 6.45) is 5.06. The fraction of sp³-hybridized carbons (Fsp3) is 1.00. The predicted molar refractivity (Wildman–Crippen MR) is 68.8 cm³/mol. The fourth-order valence-corrected chi connectivity index (χ4v) is 1.95. The number of nitrogens with one attached hydrogen (secondary N) is 1. The summed E-state index contributed by atoms with van der Waals surface area (Å²) in [4.78, 5) is 2.41. The third-order valence-electron chi connectivity index (χ3n) is 3.41. The molecule has 16 heavy (non-hydrogen) atoms. The van der Waals surface area contributed by atoms with E-state index < -0.39 is 0 Å². The number of hydrogen-bond acceptors (Lipinski definition) is 3. The number of nitrogens with zero attached hydrogens (tertiary/aromatic N) is 1. The molecule has 0 aliphatic carbocycles. The Kier molecular flexibility index (Phi) is 7.01. The van der Waals surface area contributed by atoms with Crippen molar-refractivity contribution in [2.75, 3.05) is 33.4 Å². The van der Waals surface area contributed by atoms with E-state index in [9.17, 15) is 0 Å². The highest BCUT2D eigenvalue weighted by Gasteiger charge is 2.12. The molecule has 0 radical (unpaired) electrons. The monoisotopic (exact) mass is 228 g/mol. The lowest BCUT2D eigenvalue weighted by Crippen LogP contribution is -2.37. The van der Waals surface area contributed by atoms with Crippen LogP contribution >= 0.6 is 0 Å². The number of unbranched alkanes of at least 4 members (excludes halogenated alkanes) is 1. The van der Waals surface area contributed by atoms with E-state index in [1.807, 2.05) is 0 Å². The van der Waals surface area contributed by atoms with E-state index in [0.29, 0.717) is 12.1 Å². The van der Waals surface area contributed by atoms with E-state index in [4.69, 9.17) is 4.74 Å². The maximum atomic E-state index is 5.44. The minimum absolute atomic E-state index is 0.608. The van der Waals surface area contributed by atoms with E-state index in [1.54, 1.807) is 0 Å². The van der Waals surface area contributed by atoms with Gasteiger partial charge in [0.25, 0.3) is 0 Å². The molecule has 0 spiro atoms. The molecule has 1 atom stereocenters. The van der Waals surface area contributed by atoms with Crippen molar-refractivity contribution in [3.8, 4) is 0 Å². The first-order valence-electron chi connectivity index (χ1n) is 6.71. The minimum Gasteiger partial charge on any atom is -0.380 e. The summed E-state index contributed by atoms with van der Waals surface area (Å²) in [5.41, 5.74) is 0. The fourth-order valence-electron chi connectivity index (χ4n) is 1.95. The molecule has 1 aliphatic rings. The Bertz CT molecular complexity index is 167. The maximum Gasteiger partial charge on any atom is 0.0619 e. The third kappa shape index (κ3) is 5.83. The zero-order chi connectivity index (χ0) is 11.8. The summed E-state index contributed by atoms with van der Waals surface area (Å²) in [5, 5.41) is 3.58. The highest BCUT2D eigenvalue weighted by atomic mass is 16.5. The van der Waals surface area contributed by atoms with Crippen molar-refractivity contribution in [1.29, 1.82) is 0 Å². The van der Waals surface area contributed by atoms with Crippen LogP contribution in [0.25, 0.3) is 0 Å². The van der Waals surface area contributed by atoms with Gasteiger partial charge in [0.2, 0.25) is 0 Å². The van der Waals surface area contributed by atoms with E-state index >= 15 is 0 Å². The van der Waals surface area contributed by atoms with Crippen molar-refractivity contribution in [2.45, 2.75) is 51.6 Å². The summed E-state index contributed by atoms with van der Waals surface area (Å²) in [5.74, 6) is 0. The molecule has 1 rings (SSSR count). The zero-order valence-electron chi connectivity index (χ0n) is 11.2. The first-order valence-corrected chi connectivity index (χ1v) is 6.71. The third-order valence-corrected chi connectivity index (χ3v) is 3.41. The van der Waals surface area contributed by atoms with Crippen molar-refractivity contribution in [2.24, 2.45) is 0 Å². The van der Waals surface area contributed by atoms with Gasteiger partial charge in [-0.2, -0.15) is 0 Å². The molecule has 3 nitrogen and oxygen atoms in total. The topological polar surface area (TPSA) is 24.5 Å². The van der Waals surface area contributed by atoms with Gasteiger partial charge in [-0.25, -0.2) is 0 Å². The second-order valence-corrected chi connectivity index (χ2v) is 5.15. The van der Waals surface area contributed by atoms with Crippen molar-refractivity contribution < 1.29 is 4.74 Å². The summed E-state index contributed by atoms with van der Waals surface area (Å²) < 4.78 is 5.44. The Morgan fingerprint density at radius 3 is 2.81 bits per heavy atom. The number of ether oxygens (including phenoxy) is 1. The molecular weight excluding hydrogens is 200 g/mol. The van der Waals surface area contributed by atoms with Gasteiger partial charge >= 0.3 is 0 Å². The lowest BCUT2D eigenvalue weighted by atomic mass is 10.1. The summed E-state index contributed by atoms with van der Waals surface area (Å²) in [6.45, 7) is 8.71. The molecule has 0 aromatic rings. The van der Waals surface area contributed by atoms with Gasteiger partial charge in [-0.05, 0) is 59.7 Å². The summed E-state index contributed by atoms with van der Waals surface area (Å²) >= 11 is 0. The Morgan fingerprint density at radius 2 is 2.19 bits per heavy atom. The van der Waals surface area contributed by atoms with Crippen LogP contribution < -0.4 is 5.32 Å². The van der Waals surface area contributed by atoms with Crippen LogP contribution in [0.3, 0.4) is 0 Å². The second kappa shape index (κ2) is 8.04. The minimum atomic E-state index is 0.608. The Balaban J connectivity index is 1.91. The van der Waals surface area contributed by atoms with E-state index in [0.717, 1.165) is 19.8 Å². The molecule has 0 aromatic heterocycles. The lowest BCUT2D eigenvalue weighted by molar-refractivity contribution is 0.0704. The van der Waals surface area contributed by atoms with Gasteiger partial charge < -0.3 is 15.0 Å². The van der Waals surface area contributed by atoms with Crippen LogP contribution in [0.5, 0.6) is 0 Å². The molecule has 1 fully saturated rings. The van der Waals surface area contributed by atoms with Crippen LogP contribution in [0.15, 0.2) is 0 Å². The molecule has 1 unspecified atom stereocenters. The van der Waals surface area contributed by atoms with Gasteiger partial charge in [-0.3, -0.25) is 0 Å². The largest absolute Gasteiger partial charge is 0.380 e. The molecule has 1 N–H and O–H groups in total. The van der Waals surface area contributed by atoms with Crippen LogP contribution in [0.4, 0.5) is 0 Å². The maximum absolute atomic E-state index is 5.44. The van der Waals surface area contributed by atoms with Gasteiger partial charge in [0.05, 0.1) is 6.61 Å². The average Bonchev–Trinajstić information content (AvgIpc) is 2.29. The molecule has 3 heteroatoms. The van der Waals surface area contributed by atoms with Crippen LogP contribution in [0, 0.1) is 0 Å². The van der Waals surface area contributed by atoms with E-state index in [2.05, 4.69) is 31.1 Å². The smallest absolute Gasteiger partial charge is 0.0619 e. The molecule has 1 aliphatic heterocycles. The zero-order valence-corrected chi connectivity index (χ0v) is 11.2. The Hall–Kier alpha value is -0.120. The van der Waals surface area contributed by atoms with Crippen LogP contribution in [-0.4, -0.2) is 50.3 Å². The number of hydrogen-bond donors (Lipinski definition) is 1. The highest BCUT2D eigenvalue weighted by Crippen LogP contribution is 2.05. The SMILES string of the molecule is CC(C)N(C)CCCCNC1CCCOC1. The van der Waals surface area contributed by atoms with Crippen molar-refractivity contribution in [1.82, 2.24) is 10.2 Å². The van der Waals surface area contributed by atoms with Crippen LogP contribution in [-0.2, 0) is 4.74 Å². The van der Waals surface area contributed by atoms with Crippen molar-refractivity contribution in [3.63, 3.8) is 0 Å². The molecule has 1 heterocycles. The lowest BCUT2D eigenvalue weighted by Gasteiger charge is -2.24. The molecule has 0 bridgehead atoms. The first-order chi connectivity index (χ1) is 7.70. The molecule has 0 amide bonds. The van der Waals surface area contributed by atoms with Gasteiger partial charge in [-0.1, -0.05) is 0 Å². The standard InChI is InChI=1S/C13H28N2O/c1-12(2)15(3)9-5-4-8-14-13-7-6-10-16-11-13/h12-14H,4-11H2,1-3H3. The molecular formula is C13H28N2O.